The van der Waals surface area contributed by atoms with E-state index in [0.29, 0.717) is 0 Å². The van der Waals surface area contributed by atoms with Gasteiger partial charge in [-0.15, -0.1) is 0 Å². The fourth-order valence-electron chi connectivity index (χ4n) is 0.645. The SMILES string of the molecule is C=C(C)C(=O)OCCNC(=O)C(F)(F)S(=O)(=O)F. The van der Waals surface area contributed by atoms with Crippen LogP contribution in [0.2, 0.25) is 0 Å². The van der Waals surface area contributed by atoms with Crippen LogP contribution < -0.4 is 5.32 Å². The lowest BCUT2D eigenvalue weighted by Gasteiger charge is -2.11. The van der Waals surface area contributed by atoms with E-state index >= 15 is 0 Å². The Bertz CT molecular complexity index is 459. The van der Waals surface area contributed by atoms with E-state index in [1.165, 1.54) is 12.2 Å². The first kappa shape index (κ1) is 16.4. The van der Waals surface area contributed by atoms with E-state index in [1.807, 2.05) is 0 Å². The van der Waals surface area contributed by atoms with E-state index in [1.54, 1.807) is 0 Å². The summed E-state index contributed by atoms with van der Waals surface area (Å²) in [6.07, 6.45) is 0. The molecule has 0 fully saturated rings. The van der Waals surface area contributed by atoms with Crippen molar-refractivity contribution in [2.24, 2.45) is 0 Å². The third-order valence-electron chi connectivity index (χ3n) is 1.54. The maximum Gasteiger partial charge on any atom is 0.451 e. The van der Waals surface area contributed by atoms with E-state index in [9.17, 15) is 30.7 Å². The summed E-state index contributed by atoms with van der Waals surface area (Å²) in [5.74, 6) is -3.15. The van der Waals surface area contributed by atoms with Crippen LogP contribution in [0.3, 0.4) is 0 Å². The van der Waals surface area contributed by atoms with Crippen LogP contribution in [0.5, 0.6) is 0 Å². The molecule has 0 radical (unpaired) electrons. The number of ether oxygens (including phenoxy) is 1. The molecule has 0 aliphatic rings. The molecule has 0 atom stereocenters. The molecule has 18 heavy (non-hydrogen) atoms. The molecule has 0 aromatic carbocycles. The number of halogens is 3. The average Bonchev–Trinajstić information content (AvgIpc) is 2.21. The van der Waals surface area contributed by atoms with Crippen molar-refractivity contribution < 1.29 is 35.4 Å². The molecule has 0 rings (SSSR count). The first-order valence-corrected chi connectivity index (χ1v) is 5.81. The fraction of sp³-hybridized carbons (Fsp3) is 0.500. The molecule has 0 aliphatic heterocycles. The zero-order valence-corrected chi connectivity index (χ0v) is 10.0. The van der Waals surface area contributed by atoms with E-state index in [-0.39, 0.29) is 5.57 Å². The summed E-state index contributed by atoms with van der Waals surface area (Å²) in [6, 6.07) is 0. The summed E-state index contributed by atoms with van der Waals surface area (Å²) < 4.78 is 61.4. The highest BCUT2D eigenvalue weighted by Gasteiger charge is 2.53. The monoisotopic (exact) mass is 289 g/mol. The van der Waals surface area contributed by atoms with Gasteiger partial charge in [-0.2, -0.15) is 17.2 Å². The molecule has 1 N–H and O–H groups in total. The first-order valence-electron chi connectivity index (χ1n) is 4.43. The highest BCUT2D eigenvalue weighted by molar-refractivity contribution is 7.88. The van der Waals surface area contributed by atoms with Crippen molar-refractivity contribution in [2.45, 2.75) is 12.2 Å². The van der Waals surface area contributed by atoms with Gasteiger partial charge in [0.25, 0.3) is 0 Å². The third-order valence-corrected chi connectivity index (χ3v) is 2.34. The maximum atomic E-state index is 12.5. The molecule has 1 amide bonds. The Kier molecular flexibility index (Phi) is 5.33. The van der Waals surface area contributed by atoms with Gasteiger partial charge in [-0.05, 0) is 6.92 Å². The van der Waals surface area contributed by atoms with Crippen LogP contribution >= 0.6 is 0 Å². The Morgan fingerprint density at radius 1 is 1.39 bits per heavy atom. The quantitative estimate of drug-likeness (QED) is 0.324. The van der Waals surface area contributed by atoms with Crippen LogP contribution in [0.4, 0.5) is 12.7 Å². The Labute approximate surface area is 101 Å². The van der Waals surface area contributed by atoms with E-state index < -0.39 is 40.5 Å². The summed E-state index contributed by atoms with van der Waals surface area (Å²) in [6.45, 7) is 3.49. The van der Waals surface area contributed by atoms with Crippen molar-refractivity contribution in [2.75, 3.05) is 13.2 Å². The molecule has 0 heterocycles. The number of rotatable bonds is 6. The predicted octanol–water partition coefficient (Wildman–Crippen LogP) is 0.114. The molecule has 0 saturated heterocycles. The second-order valence-electron chi connectivity index (χ2n) is 3.13. The van der Waals surface area contributed by atoms with Crippen LogP contribution in [-0.2, 0) is 24.5 Å². The minimum atomic E-state index is -6.34. The van der Waals surface area contributed by atoms with Gasteiger partial charge in [-0.25, -0.2) is 4.79 Å². The summed E-state index contributed by atoms with van der Waals surface area (Å²) in [5, 5.41) is -3.77. The maximum absolute atomic E-state index is 12.5. The highest BCUT2D eigenvalue weighted by Crippen LogP contribution is 2.23. The largest absolute Gasteiger partial charge is 0.460 e. The molecule has 0 spiro atoms. The van der Waals surface area contributed by atoms with Gasteiger partial charge in [0.15, 0.2) is 0 Å². The van der Waals surface area contributed by atoms with Crippen molar-refractivity contribution >= 4 is 22.1 Å². The van der Waals surface area contributed by atoms with Gasteiger partial charge in [0, 0.05) is 5.57 Å². The fourth-order valence-corrected chi connectivity index (χ4v) is 0.939. The Morgan fingerprint density at radius 2 is 1.89 bits per heavy atom. The first-order chi connectivity index (χ1) is 8.00. The summed E-state index contributed by atoms with van der Waals surface area (Å²) in [5.41, 5.74) is 0.0537. The number of hydrogen-bond donors (Lipinski definition) is 1. The van der Waals surface area contributed by atoms with Crippen LogP contribution in [0.15, 0.2) is 12.2 Å². The van der Waals surface area contributed by atoms with E-state index in [2.05, 4.69) is 11.3 Å². The minimum Gasteiger partial charge on any atom is -0.460 e. The third kappa shape index (κ3) is 4.35. The van der Waals surface area contributed by atoms with E-state index in [0.717, 1.165) is 0 Å². The number of nitrogens with one attached hydrogen (secondary N) is 1. The topological polar surface area (TPSA) is 89.5 Å². The number of alkyl halides is 2. The van der Waals surface area contributed by atoms with Gasteiger partial charge in [0.2, 0.25) is 0 Å². The summed E-state index contributed by atoms with van der Waals surface area (Å²) in [4.78, 5) is 21.5. The lowest BCUT2D eigenvalue weighted by atomic mass is 10.4. The molecule has 0 saturated carbocycles. The Balaban J connectivity index is 4.22. The van der Waals surface area contributed by atoms with Gasteiger partial charge in [-0.3, -0.25) is 4.79 Å². The minimum absolute atomic E-state index is 0.0537. The number of esters is 1. The van der Waals surface area contributed by atoms with Crippen molar-refractivity contribution in [1.82, 2.24) is 5.32 Å². The molecule has 0 bridgehead atoms. The normalized spacial score (nSPS) is 11.8. The molecular formula is C8H10F3NO5S. The number of carbonyl (C=O) groups excluding carboxylic acids is 2. The molecule has 0 unspecified atom stereocenters. The van der Waals surface area contributed by atoms with Gasteiger partial charge in [0.1, 0.15) is 6.61 Å². The summed E-state index contributed by atoms with van der Waals surface area (Å²) >= 11 is 0. The second kappa shape index (κ2) is 5.85. The van der Waals surface area contributed by atoms with E-state index in [4.69, 9.17) is 0 Å². The van der Waals surface area contributed by atoms with Crippen LogP contribution in [0.1, 0.15) is 6.92 Å². The average molecular weight is 289 g/mol. The molecule has 0 aliphatic carbocycles. The van der Waals surface area contributed by atoms with Gasteiger partial charge < -0.3 is 10.1 Å². The van der Waals surface area contributed by atoms with Gasteiger partial charge >= 0.3 is 27.4 Å². The summed E-state index contributed by atoms with van der Waals surface area (Å²) in [7, 11) is -6.34. The molecule has 0 aromatic rings. The number of amides is 1. The Morgan fingerprint density at radius 3 is 2.28 bits per heavy atom. The second-order valence-corrected chi connectivity index (χ2v) is 4.52. The van der Waals surface area contributed by atoms with Crippen LogP contribution in [0, 0.1) is 0 Å². The standard InChI is InChI=1S/C8H10F3NO5S/c1-5(2)6(13)17-4-3-12-7(14)8(9,10)18(11,15)16/h1,3-4H2,2H3,(H,12,14). The van der Waals surface area contributed by atoms with Gasteiger partial charge in [0.05, 0.1) is 6.54 Å². The smallest absolute Gasteiger partial charge is 0.451 e. The van der Waals surface area contributed by atoms with Crippen molar-refractivity contribution in [3.05, 3.63) is 12.2 Å². The van der Waals surface area contributed by atoms with Crippen molar-refractivity contribution in [3.8, 4) is 0 Å². The molecule has 104 valence electrons. The lowest BCUT2D eigenvalue weighted by molar-refractivity contribution is -0.141. The number of hydrogen-bond acceptors (Lipinski definition) is 5. The predicted molar refractivity (Wildman–Crippen MR) is 53.8 cm³/mol. The molecule has 0 aromatic heterocycles. The lowest BCUT2D eigenvalue weighted by Crippen LogP contribution is -2.45. The molecular weight excluding hydrogens is 279 g/mol. The van der Waals surface area contributed by atoms with Crippen molar-refractivity contribution in [1.29, 1.82) is 0 Å². The van der Waals surface area contributed by atoms with Crippen molar-refractivity contribution in [3.63, 3.8) is 0 Å². The van der Waals surface area contributed by atoms with Gasteiger partial charge in [-0.1, -0.05) is 10.5 Å². The zero-order valence-electron chi connectivity index (χ0n) is 9.20. The molecule has 6 nitrogen and oxygen atoms in total. The zero-order chi connectivity index (χ0) is 14.6. The van der Waals surface area contributed by atoms with Crippen LogP contribution in [0.25, 0.3) is 0 Å². The Hall–Kier alpha value is -1.58. The molecule has 10 heteroatoms. The highest BCUT2D eigenvalue weighted by atomic mass is 32.3. The number of carbonyl (C=O) groups is 2. The van der Waals surface area contributed by atoms with Crippen LogP contribution in [-0.4, -0.2) is 38.7 Å².